The number of halogens is 1. The zero-order valence-corrected chi connectivity index (χ0v) is 19.4. The number of anilines is 2. The Morgan fingerprint density at radius 2 is 1.88 bits per heavy atom. The molecular formula is C25H23BrN2O4. The standard InChI is InChI=1S/C25H23BrN2O4/c1-16-3-4-17(2)23(11-16)31-14-24(29)27-20-9-10-22-21(12-20)28(25(30)15-32-22)13-18-5-7-19(26)8-6-18/h3-12H,13-15H2,1-2H3,(H,27,29). The number of carbonyl (C=O) groups excluding carboxylic acids is 2. The van der Waals surface area contributed by atoms with Gasteiger partial charge in [-0.2, -0.15) is 0 Å². The molecule has 1 N–H and O–H groups in total. The molecule has 0 saturated heterocycles. The van der Waals surface area contributed by atoms with Crippen molar-refractivity contribution in [2.75, 3.05) is 23.4 Å². The number of carbonyl (C=O) groups is 2. The van der Waals surface area contributed by atoms with Gasteiger partial charge in [0.25, 0.3) is 11.8 Å². The van der Waals surface area contributed by atoms with Crippen LogP contribution in [0.1, 0.15) is 16.7 Å². The van der Waals surface area contributed by atoms with E-state index in [1.54, 1.807) is 23.1 Å². The number of hydrogen-bond donors (Lipinski definition) is 1. The second-order valence-electron chi connectivity index (χ2n) is 7.68. The Bertz CT molecular complexity index is 1160. The molecule has 32 heavy (non-hydrogen) atoms. The summed E-state index contributed by atoms with van der Waals surface area (Å²) in [4.78, 5) is 26.7. The van der Waals surface area contributed by atoms with Gasteiger partial charge >= 0.3 is 0 Å². The first-order chi connectivity index (χ1) is 15.4. The zero-order chi connectivity index (χ0) is 22.7. The highest BCUT2D eigenvalue weighted by Gasteiger charge is 2.26. The number of rotatable bonds is 6. The molecule has 4 rings (SSSR count). The van der Waals surface area contributed by atoms with Gasteiger partial charge in [0.2, 0.25) is 0 Å². The highest BCUT2D eigenvalue weighted by molar-refractivity contribution is 9.10. The van der Waals surface area contributed by atoms with E-state index in [4.69, 9.17) is 9.47 Å². The third-order valence-electron chi connectivity index (χ3n) is 5.14. The Balaban J connectivity index is 1.47. The summed E-state index contributed by atoms with van der Waals surface area (Å²) in [6, 6.07) is 18.9. The number of amides is 2. The molecule has 0 fully saturated rings. The first-order valence-electron chi connectivity index (χ1n) is 10.2. The fraction of sp³-hybridized carbons (Fsp3) is 0.200. The minimum atomic E-state index is -0.284. The van der Waals surface area contributed by atoms with E-state index < -0.39 is 0 Å². The summed E-state index contributed by atoms with van der Waals surface area (Å²) in [5.74, 6) is 0.868. The van der Waals surface area contributed by atoms with Crippen LogP contribution in [0.4, 0.5) is 11.4 Å². The molecule has 164 valence electrons. The lowest BCUT2D eigenvalue weighted by atomic mass is 10.1. The van der Waals surface area contributed by atoms with Crippen molar-refractivity contribution in [2.45, 2.75) is 20.4 Å². The summed E-state index contributed by atoms with van der Waals surface area (Å²) in [5.41, 5.74) is 4.22. The van der Waals surface area contributed by atoms with Gasteiger partial charge < -0.3 is 19.7 Å². The number of aryl methyl sites for hydroxylation is 2. The molecule has 0 bridgehead atoms. The van der Waals surface area contributed by atoms with Crippen molar-refractivity contribution < 1.29 is 19.1 Å². The van der Waals surface area contributed by atoms with E-state index in [-0.39, 0.29) is 25.0 Å². The van der Waals surface area contributed by atoms with Crippen molar-refractivity contribution in [2.24, 2.45) is 0 Å². The maximum Gasteiger partial charge on any atom is 0.265 e. The van der Waals surface area contributed by atoms with E-state index in [0.29, 0.717) is 29.4 Å². The second kappa shape index (κ2) is 9.44. The molecule has 0 unspecified atom stereocenters. The smallest absolute Gasteiger partial charge is 0.265 e. The average Bonchev–Trinajstić information content (AvgIpc) is 2.78. The normalized spacial score (nSPS) is 12.7. The maximum atomic E-state index is 12.6. The van der Waals surface area contributed by atoms with Crippen LogP contribution in [0.15, 0.2) is 65.1 Å². The summed E-state index contributed by atoms with van der Waals surface area (Å²) >= 11 is 3.42. The van der Waals surface area contributed by atoms with Gasteiger partial charge in [0.05, 0.1) is 12.2 Å². The van der Waals surface area contributed by atoms with E-state index in [0.717, 1.165) is 21.2 Å². The molecule has 0 spiro atoms. The van der Waals surface area contributed by atoms with Gasteiger partial charge in [0.15, 0.2) is 13.2 Å². The molecule has 1 heterocycles. The van der Waals surface area contributed by atoms with Crippen LogP contribution >= 0.6 is 15.9 Å². The lowest BCUT2D eigenvalue weighted by molar-refractivity contribution is -0.121. The molecule has 0 aromatic heterocycles. The number of nitrogens with one attached hydrogen (secondary N) is 1. The van der Waals surface area contributed by atoms with Crippen molar-refractivity contribution in [1.82, 2.24) is 0 Å². The lowest BCUT2D eigenvalue weighted by Crippen LogP contribution is -2.38. The Morgan fingerprint density at radius 1 is 1.09 bits per heavy atom. The van der Waals surface area contributed by atoms with Gasteiger partial charge in [-0.05, 0) is 66.9 Å². The van der Waals surface area contributed by atoms with Crippen molar-refractivity contribution in [3.63, 3.8) is 0 Å². The highest BCUT2D eigenvalue weighted by atomic mass is 79.9. The Morgan fingerprint density at radius 3 is 2.66 bits per heavy atom. The number of benzene rings is 3. The summed E-state index contributed by atoms with van der Waals surface area (Å²) in [6.07, 6.45) is 0. The fourth-order valence-electron chi connectivity index (χ4n) is 3.43. The number of ether oxygens (including phenoxy) is 2. The van der Waals surface area contributed by atoms with Crippen LogP contribution in [-0.2, 0) is 16.1 Å². The molecule has 6 nitrogen and oxygen atoms in total. The van der Waals surface area contributed by atoms with Crippen LogP contribution in [0.25, 0.3) is 0 Å². The van der Waals surface area contributed by atoms with Gasteiger partial charge in [-0.1, -0.05) is 40.2 Å². The first kappa shape index (κ1) is 21.9. The third-order valence-corrected chi connectivity index (χ3v) is 5.67. The SMILES string of the molecule is Cc1ccc(C)c(OCC(=O)Nc2ccc3c(c2)N(Cc2ccc(Br)cc2)C(=O)CO3)c1. The summed E-state index contributed by atoms with van der Waals surface area (Å²) in [6.45, 7) is 4.20. The largest absolute Gasteiger partial charge is 0.483 e. The van der Waals surface area contributed by atoms with Gasteiger partial charge in [0, 0.05) is 10.2 Å². The van der Waals surface area contributed by atoms with Crippen molar-refractivity contribution in [3.05, 3.63) is 81.8 Å². The average molecular weight is 495 g/mol. The second-order valence-corrected chi connectivity index (χ2v) is 8.60. The minimum Gasteiger partial charge on any atom is -0.483 e. The van der Waals surface area contributed by atoms with Crippen molar-refractivity contribution in [1.29, 1.82) is 0 Å². The van der Waals surface area contributed by atoms with Crippen molar-refractivity contribution in [3.8, 4) is 11.5 Å². The number of nitrogens with zero attached hydrogens (tertiary/aromatic N) is 1. The van der Waals surface area contributed by atoms with Gasteiger partial charge in [-0.25, -0.2) is 0 Å². The van der Waals surface area contributed by atoms with E-state index in [1.165, 1.54) is 0 Å². The van der Waals surface area contributed by atoms with Crippen LogP contribution in [0, 0.1) is 13.8 Å². The molecule has 3 aromatic carbocycles. The predicted molar refractivity (Wildman–Crippen MR) is 127 cm³/mol. The Kier molecular flexibility index (Phi) is 6.46. The number of hydrogen-bond acceptors (Lipinski definition) is 4. The molecule has 3 aromatic rings. The number of fused-ring (bicyclic) bond motifs is 1. The Labute approximate surface area is 195 Å². The van der Waals surface area contributed by atoms with Gasteiger partial charge in [-0.3, -0.25) is 9.59 Å². The topological polar surface area (TPSA) is 67.9 Å². The van der Waals surface area contributed by atoms with E-state index >= 15 is 0 Å². The molecule has 0 aliphatic carbocycles. The zero-order valence-electron chi connectivity index (χ0n) is 17.9. The van der Waals surface area contributed by atoms with E-state index in [2.05, 4.69) is 21.2 Å². The predicted octanol–water partition coefficient (Wildman–Crippen LogP) is 5.01. The first-order valence-corrected chi connectivity index (χ1v) is 11.0. The molecule has 1 aliphatic rings. The lowest BCUT2D eigenvalue weighted by Gasteiger charge is -2.30. The van der Waals surface area contributed by atoms with Crippen LogP contribution in [0.3, 0.4) is 0 Å². The minimum absolute atomic E-state index is 0.0150. The molecule has 1 aliphatic heterocycles. The monoisotopic (exact) mass is 494 g/mol. The van der Waals surface area contributed by atoms with Crippen molar-refractivity contribution >= 4 is 39.1 Å². The fourth-order valence-corrected chi connectivity index (χ4v) is 3.69. The van der Waals surface area contributed by atoms with E-state index in [1.807, 2.05) is 56.3 Å². The molecule has 0 atom stereocenters. The highest BCUT2D eigenvalue weighted by Crippen LogP contribution is 2.35. The summed E-state index contributed by atoms with van der Waals surface area (Å²) in [5, 5.41) is 2.84. The molecular weight excluding hydrogens is 472 g/mol. The van der Waals surface area contributed by atoms with Crippen LogP contribution in [-0.4, -0.2) is 25.0 Å². The maximum absolute atomic E-state index is 12.6. The summed E-state index contributed by atoms with van der Waals surface area (Å²) in [7, 11) is 0. The van der Waals surface area contributed by atoms with Gasteiger partial charge in [0.1, 0.15) is 11.5 Å². The quantitative estimate of drug-likeness (QED) is 0.522. The molecule has 7 heteroatoms. The molecule has 2 amide bonds. The van der Waals surface area contributed by atoms with Gasteiger partial charge in [-0.15, -0.1) is 0 Å². The third kappa shape index (κ3) is 5.11. The molecule has 0 saturated carbocycles. The summed E-state index contributed by atoms with van der Waals surface area (Å²) < 4.78 is 12.2. The van der Waals surface area contributed by atoms with E-state index in [9.17, 15) is 9.59 Å². The molecule has 0 radical (unpaired) electrons. The Hall–Kier alpha value is -3.32. The van der Waals surface area contributed by atoms with Crippen LogP contribution in [0.2, 0.25) is 0 Å². The van der Waals surface area contributed by atoms with Crippen LogP contribution in [0.5, 0.6) is 11.5 Å². The van der Waals surface area contributed by atoms with Crippen LogP contribution < -0.4 is 19.7 Å².